The van der Waals surface area contributed by atoms with Crippen LogP contribution in [0.15, 0.2) is 29.3 Å². The van der Waals surface area contributed by atoms with Crippen molar-refractivity contribution in [1.82, 2.24) is 14.9 Å². The Morgan fingerprint density at radius 1 is 1.47 bits per heavy atom. The lowest BCUT2D eigenvalue weighted by atomic mass is 10.00. The fourth-order valence-electron chi connectivity index (χ4n) is 2.63. The molecule has 5 nitrogen and oxygen atoms in total. The van der Waals surface area contributed by atoms with Gasteiger partial charge in [-0.25, -0.2) is 4.98 Å². The van der Waals surface area contributed by atoms with Crippen molar-refractivity contribution in [2.45, 2.75) is 19.4 Å². The maximum atomic E-state index is 12.3. The number of benzene rings is 1. The number of piperidine rings is 1. The van der Waals surface area contributed by atoms with Gasteiger partial charge in [-0.1, -0.05) is 0 Å². The first-order valence-electron chi connectivity index (χ1n) is 6.63. The third-order valence-electron chi connectivity index (χ3n) is 3.66. The van der Waals surface area contributed by atoms with E-state index in [0.717, 1.165) is 25.9 Å². The van der Waals surface area contributed by atoms with Crippen LogP contribution in [-0.2, 0) is 6.54 Å². The van der Waals surface area contributed by atoms with E-state index >= 15 is 0 Å². The largest absolute Gasteiger partial charge is 0.508 e. The van der Waals surface area contributed by atoms with Gasteiger partial charge in [0, 0.05) is 12.6 Å². The highest BCUT2D eigenvalue weighted by atomic mass is 16.3. The second-order valence-corrected chi connectivity index (χ2v) is 5.12. The molecule has 1 aromatic carbocycles. The highest BCUT2D eigenvalue weighted by molar-refractivity contribution is 5.78. The third kappa shape index (κ3) is 2.46. The fourth-order valence-corrected chi connectivity index (χ4v) is 2.63. The van der Waals surface area contributed by atoms with Gasteiger partial charge in [0.15, 0.2) is 0 Å². The predicted molar refractivity (Wildman–Crippen MR) is 73.3 cm³/mol. The van der Waals surface area contributed by atoms with Gasteiger partial charge in [0.1, 0.15) is 5.75 Å². The van der Waals surface area contributed by atoms with Crippen LogP contribution in [0.25, 0.3) is 10.9 Å². The van der Waals surface area contributed by atoms with E-state index in [1.165, 1.54) is 12.1 Å². The molecule has 100 valence electrons. The van der Waals surface area contributed by atoms with Crippen LogP contribution in [0.1, 0.15) is 12.8 Å². The van der Waals surface area contributed by atoms with E-state index in [2.05, 4.69) is 10.3 Å². The van der Waals surface area contributed by atoms with Gasteiger partial charge in [0.25, 0.3) is 5.56 Å². The van der Waals surface area contributed by atoms with Gasteiger partial charge >= 0.3 is 0 Å². The zero-order valence-electron chi connectivity index (χ0n) is 10.7. The summed E-state index contributed by atoms with van der Waals surface area (Å²) in [5, 5.41) is 13.3. The summed E-state index contributed by atoms with van der Waals surface area (Å²) >= 11 is 0. The second kappa shape index (κ2) is 5.01. The molecule has 1 aliphatic heterocycles. The zero-order chi connectivity index (χ0) is 13.2. The van der Waals surface area contributed by atoms with Gasteiger partial charge in [0.2, 0.25) is 0 Å². The summed E-state index contributed by atoms with van der Waals surface area (Å²) in [6.07, 6.45) is 3.89. The van der Waals surface area contributed by atoms with Crippen LogP contribution < -0.4 is 10.9 Å². The molecule has 2 aromatic rings. The van der Waals surface area contributed by atoms with E-state index in [4.69, 9.17) is 0 Å². The number of hydrogen-bond donors (Lipinski definition) is 2. The molecule has 1 atom stereocenters. The molecular formula is C14H17N3O2. The summed E-state index contributed by atoms with van der Waals surface area (Å²) in [6.45, 7) is 2.73. The van der Waals surface area contributed by atoms with Crippen molar-refractivity contribution in [3.8, 4) is 5.75 Å². The van der Waals surface area contributed by atoms with Crippen molar-refractivity contribution in [1.29, 1.82) is 0 Å². The summed E-state index contributed by atoms with van der Waals surface area (Å²) in [5.41, 5.74) is 0.513. The van der Waals surface area contributed by atoms with Crippen molar-refractivity contribution < 1.29 is 5.11 Å². The number of aromatic hydroxyl groups is 1. The maximum absolute atomic E-state index is 12.3. The molecule has 1 saturated heterocycles. The molecular weight excluding hydrogens is 242 g/mol. The van der Waals surface area contributed by atoms with E-state index in [0.29, 0.717) is 23.4 Å². The highest BCUT2D eigenvalue weighted by Gasteiger charge is 2.15. The number of nitrogens with zero attached hydrogens (tertiary/aromatic N) is 2. The van der Waals surface area contributed by atoms with Crippen LogP contribution in [0, 0.1) is 5.92 Å². The van der Waals surface area contributed by atoms with Gasteiger partial charge in [-0.3, -0.25) is 9.36 Å². The number of rotatable bonds is 2. The summed E-state index contributed by atoms with van der Waals surface area (Å²) in [7, 11) is 0. The van der Waals surface area contributed by atoms with Crippen LogP contribution in [0.2, 0.25) is 0 Å². The third-order valence-corrected chi connectivity index (χ3v) is 3.66. The van der Waals surface area contributed by atoms with Crippen LogP contribution in [0.5, 0.6) is 5.75 Å². The Kier molecular flexibility index (Phi) is 3.21. The van der Waals surface area contributed by atoms with E-state index in [1.54, 1.807) is 17.0 Å². The van der Waals surface area contributed by atoms with Gasteiger partial charge < -0.3 is 10.4 Å². The zero-order valence-corrected chi connectivity index (χ0v) is 10.7. The quantitative estimate of drug-likeness (QED) is 0.847. The molecule has 0 aliphatic carbocycles. The molecule has 1 unspecified atom stereocenters. The Bertz CT molecular complexity index is 645. The summed E-state index contributed by atoms with van der Waals surface area (Å²) in [6, 6.07) is 4.68. The fraction of sp³-hybridized carbons (Fsp3) is 0.429. The van der Waals surface area contributed by atoms with Crippen LogP contribution >= 0.6 is 0 Å². The predicted octanol–water partition coefficient (Wildman–Crippen LogP) is 1.10. The molecule has 0 radical (unpaired) electrons. The minimum Gasteiger partial charge on any atom is -0.508 e. The molecule has 19 heavy (non-hydrogen) atoms. The van der Waals surface area contributed by atoms with Crippen molar-refractivity contribution in [2.24, 2.45) is 5.92 Å². The first-order valence-corrected chi connectivity index (χ1v) is 6.63. The SMILES string of the molecule is O=c1c2ccc(O)cc2ncn1CC1CCCNC1. The number of hydrogen-bond acceptors (Lipinski definition) is 4. The standard InChI is InChI=1S/C14H17N3O2/c18-11-3-4-12-13(6-11)16-9-17(14(12)19)8-10-2-1-5-15-7-10/h3-4,6,9-10,15,18H,1-2,5,7-8H2. The summed E-state index contributed by atoms with van der Waals surface area (Å²) in [4.78, 5) is 16.6. The second-order valence-electron chi connectivity index (χ2n) is 5.12. The number of phenolic OH excluding ortho intramolecular Hbond substituents is 1. The minimum absolute atomic E-state index is 0.0319. The molecule has 2 N–H and O–H groups in total. The Balaban J connectivity index is 1.93. The monoisotopic (exact) mass is 259 g/mol. The van der Waals surface area contributed by atoms with Crippen molar-refractivity contribution in [3.63, 3.8) is 0 Å². The number of phenols is 1. The summed E-state index contributed by atoms with van der Waals surface area (Å²) < 4.78 is 1.68. The first kappa shape index (κ1) is 12.2. The van der Waals surface area contributed by atoms with E-state index < -0.39 is 0 Å². The number of aromatic nitrogens is 2. The van der Waals surface area contributed by atoms with Crippen molar-refractivity contribution >= 4 is 10.9 Å². The molecule has 1 aromatic heterocycles. The van der Waals surface area contributed by atoms with Crippen LogP contribution in [0.3, 0.4) is 0 Å². The number of fused-ring (bicyclic) bond motifs is 1. The Morgan fingerprint density at radius 3 is 3.16 bits per heavy atom. The Morgan fingerprint density at radius 2 is 2.37 bits per heavy atom. The smallest absolute Gasteiger partial charge is 0.261 e. The van der Waals surface area contributed by atoms with E-state index in [9.17, 15) is 9.90 Å². The maximum Gasteiger partial charge on any atom is 0.261 e. The Labute approximate surface area is 110 Å². The molecule has 0 bridgehead atoms. The molecule has 0 amide bonds. The lowest BCUT2D eigenvalue weighted by molar-refractivity contribution is 0.333. The lowest BCUT2D eigenvalue weighted by Gasteiger charge is -2.23. The van der Waals surface area contributed by atoms with Crippen LogP contribution in [-0.4, -0.2) is 27.7 Å². The first-order chi connectivity index (χ1) is 9.24. The minimum atomic E-state index is -0.0319. The van der Waals surface area contributed by atoms with Gasteiger partial charge in [-0.2, -0.15) is 0 Å². The normalized spacial score (nSPS) is 19.7. The average molecular weight is 259 g/mol. The number of nitrogens with one attached hydrogen (secondary N) is 1. The van der Waals surface area contributed by atoms with Gasteiger partial charge in [-0.05, 0) is 44.0 Å². The van der Waals surface area contributed by atoms with Crippen LogP contribution in [0.4, 0.5) is 0 Å². The molecule has 1 aliphatic rings. The molecule has 0 saturated carbocycles. The topological polar surface area (TPSA) is 67.1 Å². The molecule has 2 heterocycles. The average Bonchev–Trinajstić information content (AvgIpc) is 2.43. The van der Waals surface area contributed by atoms with E-state index in [1.807, 2.05) is 0 Å². The van der Waals surface area contributed by atoms with Gasteiger partial charge in [-0.15, -0.1) is 0 Å². The summed E-state index contributed by atoms with van der Waals surface area (Å²) in [5.74, 6) is 0.622. The van der Waals surface area contributed by atoms with E-state index in [-0.39, 0.29) is 11.3 Å². The molecule has 1 fully saturated rings. The van der Waals surface area contributed by atoms with Crippen molar-refractivity contribution in [2.75, 3.05) is 13.1 Å². The van der Waals surface area contributed by atoms with Crippen molar-refractivity contribution in [3.05, 3.63) is 34.9 Å². The van der Waals surface area contributed by atoms with Gasteiger partial charge in [0.05, 0.1) is 17.2 Å². The Hall–Kier alpha value is -1.88. The highest BCUT2D eigenvalue weighted by Crippen LogP contribution is 2.16. The molecule has 3 rings (SSSR count). The molecule has 5 heteroatoms. The lowest BCUT2D eigenvalue weighted by Crippen LogP contribution is -2.34. The molecule has 0 spiro atoms.